The molecule has 1 rings (SSSR count). The van der Waals surface area contributed by atoms with Gasteiger partial charge in [-0.15, -0.1) is 0 Å². The highest BCUT2D eigenvalue weighted by molar-refractivity contribution is 7.89. The monoisotopic (exact) mass is 256 g/mol. The van der Waals surface area contributed by atoms with Gasteiger partial charge in [-0.25, -0.2) is 12.8 Å². The molecule has 0 aliphatic heterocycles. The summed E-state index contributed by atoms with van der Waals surface area (Å²) in [6.45, 7) is 1.84. The minimum Gasteiger partial charge on any atom is -0.207 e. The smallest absolute Gasteiger partial charge is 0.207 e. The largest absolute Gasteiger partial charge is 0.244 e. The number of sulfonamides is 1. The molecular weight excluding hydrogens is 243 g/mol. The molecule has 0 aromatic heterocycles. The maximum Gasteiger partial charge on any atom is 0.244 e. The van der Waals surface area contributed by atoms with Crippen molar-refractivity contribution in [2.45, 2.75) is 30.7 Å². The highest BCUT2D eigenvalue weighted by Crippen LogP contribution is 2.14. The Balaban J connectivity index is 2.98. The summed E-state index contributed by atoms with van der Waals surface area (Å²) < 4.78 is 39.1. The zero-order chi connectivity index (χ0) is 12.9. The van der Waals surface area contributed by atoms with E-state index in [1.165, 1.54) is 12.1 Å². The van der Waals surface area contributed by atoms with Gasteiger partial charge in [0, 0.05) is 0 Å². The van der Waals surface area contributed by atoms with E-state index in [-0.39, 0.29) is 0 Å². The number of hydrogen-bond acceptors (Lipinski definition) is 3. The fourth-order valence-electron chi connectivity index (χ4n) is 1.35. The maximum atomic E-state index is 13.3. The summed E-state index contributed by atoms with van der Waals surface area (Å²) in [5.41, 5.74) is 0. The van der Waals surface area contributed by atoms with E-state index in [0.29, 0.717) is 12.8 Å². The van der Waals surface area contributed by atoms with Crippen LogP contribution in [0.1, 0.15) is 19.8 Å². The van der Waals surface area contributed by atoms with Crippen LogP contribution in [0, 0.1) is 17.1 Å². The van der Waals surface area contributed by atoms with E-state index >= 15 is 0 Å². The number of nitrogens with zero attached hydrogens (tertiary/aromatic N) is 1. The van der Waals surface area contributed by atoms with Crippen molar-refractivity contribution >= 4 is 10.0 Å². The Morgan fingerprint density at radius 2 is 2.12 bits per heavy atom. The third-order valence-corrected chi connectivity index (χ3v) is 3.66. The average Bonchev–Trinajstić information content (AvgIpc) is 2.28. The predicted molar refractivity (Wildman–Crippen MR) is 61.0 cm³/mol. The van der Waals surface area contributed by atoms with Crippen molar-refractivity contribution in [2.75, 3.05) is 0 Å². The van der Waals surface area contributed by atoms with Gasteiger partial charge >= 0.3 is 0 Å². The molecule has 0 radical (unpaired) electrons. The van der Waals surface area contributed by atoms with Crippen molar-refractivity contribution < 1.29 is 12.8 Å². The third-order valence-electron chi connectivity index (χ3n) is 2.16. The van der Waals surface area contributed by atoms with Crippen LogP contribution in [0.2, 0.25) is 0 Å². The number of rotatable bonds is 5. The Labute approximate surface area is 100 Å². The molecule has 0 aliphatic rings. The molecule has 1 unspecified atom stereocenters. The lowest BCUT2D eigenvalue weighted by Gasteiger charge is -2.11. The lowest BCUT2D eigenvalue weighted by Crippen LogP contribution is -2.34. The van der Waals surface area contributed by atoms with Crippen LogP contribution in [-0.4, -0.2) is 14.5 Å². The van der Waals surface area contributed by atoms with Gasteiger partial charge in [0.15, 0.2) is 0 Å². The first-order valence-electron chi connectivity index (χ1n) is 5.17. The molecule has 4 nitrogen and oxygen atoms in total. The Bertz CT molecular complexity index is 523. The van der Waals surface area contributed by atoms with Crippen molar-refractivity contribution in [3.63, 3.8) is 0 Å². The standard InChI is InChI=1S/C11H13FN2O2S/c1-2-5-9(8-13)14-17(15,16)11-7-4-3-6-10(11)12/h3-4,6-7,9,14H,2,5H2,1H3. The van der Waals surface area contributed by atoms with Gasteiger partial charge in [-0.3, -0.25) is 0 Å². The molecule has 0 aliphatic carbocycles. The Kier molecular flexibility index (Phi) is 4.61. The number of hydrogen-bond donors (Lipinski definition) is 1. The molecule has 1 N–H and O–H groups in total. The second-order valence-corrected chi connectivity index (χ2v) is 5.20. The summed E-state index contributed by atoms with van der Waals surface area (Å²) >= 11 is 0. The van der Waals surface area contributed by atoms with Crippen LogP contribution in [0.15, 0.2) is 29.2 Å². The van der Waals surface area contributed by atoms with Gasteiger partial charge in [0.2, 0.25) is 10.0 Å². The molecule has 6 heteroatoms. The quantitative estimate of drug-likeness (QED) is 0.873. The van der Waals surface area contributed by atoms with Gasteiger partial charge in [-0.2, -0.15) is 9.98 Å². The van der Waals surface area contributed by atoms with E-state index in [1.807, 2.05) is 13.0 Å². The Hall–Kier alpha value is -1.45. The van der Waals surface area contributed by atoms with Crippen molar-refractivity contribution in [1.82, 2.24) is 4.72 Å². The highest BCUT2D eigenvalue weighted by atomic mass is 32.2. The molecule has 0 spiro atoms. The molecule has 0 amide bonds. The Morgan fingerprint density at radius 3 is 2.65 bits per heavy atom. The van der Waals surface area contributed by atoms with Crippen LogP contribution in [-0.2, 0) is 10.0 Å². The molecule has 1 aromatic carbocycles. The molecule has 0 saturated heterocycles. The first kappa shape index (κ1) is 13.6. The first-order valence-corrected chi connectivity index (χ1v) is 6.66. The van der Waals surface area contributed by atoms with E-state index in [1.54, 1.807) is 0 Å². The van der Waals surface area contributed by atoms with Gasteiger partial charge in [0.1, 0.15) is 16.8 Å². The topological polar surface area (TPSA) is 70.0 Å². The molecule has 0 bridgehead atoms. The van der Waals surface area contributed by atoms with Crippen LogP contribution < -0.4 is 4.72 Å². The second kappa shape index (κ2) is 5.75. The van der Waals surface area contributed by atoms with Gasteiger partial charge in [-0.05, 0) is 18.6 Å². The van der Waals surface area contributed by atoms with Crippen molar-refractivity contribution in [2.24, 2.45) is 0 Å². The molecule has 0 heterocycles. The Morgan fingerprint density at radius 1 is 1.47 bits per heavy atom. The number of nitrogens with one attached hydrogen (secondary N) is 1. The van der Waals surface area contributed by atoms with Crippen LogP contribution in [0.3, 0.4) is 0 Å². The molecule has 0 fully saturated rings. The lowest BCUT2D eigenvalue weighted by atomic mass is 10.2. The average molecular weight is 256 g/mol. The lowest BCUT2D eigenvalue weighted by molar-refractivity contribution is 0.545. The number of nitriles is 1. The van der Waals surface area contributed by atoms with Crippen molar-refractivity contribution in [1.29, 1.82) is 5.26 Å². The van der Waals surface area contributed by atoms with Gasteiger partial charge in [0.05, 0.1) is 6.07 Å². The fraction of sp³-hybridized carbons (Fsp3) is 0.364. The van der Waals surface area contributed by atoms with E-state index < -0.39 is 26.8 Å². The fourth-order valence-corrected chi connectivity index (χ4v) is 2.61. The predicted octanol–water partition coefficient (Wildman–Crippen LogP) is 1.80. The zero-order valence-corrected chi connectivity index (χ0v) is 10.2. The van der Waals surface area contributed by atoms with E-state index in [0.717, 1.165) is 12.1 Å². The molecule has 1 aromatic rings. The van der Waals surface area contributed by atoms with E-state index in [4.69, 9.17) is 5.26 Å². The molecule has 17 heavy (non-hydrogen) atoms. The maximum absolute atomic E-state index is 13.3. The van der Waals surface area contributed by atoms with Gasteiger partial charge in [-0.1, -0.05) is 25.5 Å². The highest BCUT2D eigenvalue weighted by Gasteiger charge is 2.22. The minimum absolute atomic E-state index is 0.393. The third kappa shape index (κ3) is 3.51. The van der Waals surface area contributed by atoms with E-state index in [9.17, 15) is 12.8 Å². The van der Waals surface area contributed by atoms with Crippen LogP contribution in [0.4, 0.5) is 4.39 Å². The molecule has 92 valence electrons. The minimum atomic E-state index is -3.97. The van der Waals surface area contributed by atoms with Crippen molar-refractivity contribution in [3.05, 3.63) is 30.1 Å². The summed E-state index contributed by atoms with van der Waals surface area (Å²) in [5.74, 6) is -0.826. The van der Waals surface area contributed by atoms with Crippen LogP contribution in [0.5, 0.6) is 0 Å². The first-order chi connectivity index (χ1) is 8.01. The van der Waals surface area contributed by atoms with Crippen LogP contribution in [0.25, 0.3) is 0 Å². The van der Waals surface area contributed by atoms with E-state index in [2.05, 4.69) is 4.72 Å². The molecule has 1 atom stereocenters. The van der Waals surface area contributed by atoms with Crippen molar-refractivity contribution in [3.8, 4) is 6.07 Å². The zero-order valence-electron chi connectivity index (χ0n) is 9.35. The summed E-state index contributed by atoms with van der Waals surface area (Å²) in [4.78, 5) is -0.434. The SMILES string of the molecule is CCCC(C#N)NS(=O)(=O)c1ccccc1F. The summed E-state index contributed by atoms with van der Waals surface area (Å²) in [6.07, 6.45) is 1.06. The number of halogens is 1. The molecular formula is C11H13FN2O2S. The molecule has 0 saturated carbocycles. The number of benzene rings is 1. The summed E-state index contributed by atoms with van der Waals surface area (Å²) in [7, 11) is -3.97. The summed E-state index contributed by atoms with van der Waals surface area (Å²) in [6, 6.07) is 6.07. The van der Waals surface area contributed by atoms with Crippen LogP contribution >= 0.6 is 0 Å². The van der Waals surface area contributed by atoms with Gasteiger partial charge in [0.25, 0.3) is 0 Å². The van der Waals surface area contributed by atoms with Gasteiger partial charge < -0.3 is 0 Å². The normalized spacial score (nSPS) is 13.0. The second-order valence-electron chi connectivity index (χ2n) is 3.52. The summed E-state index contributed by atoms with van der Waals surface area (Å²) in [5, 5.41) is 8.77.